The molecule has 3 atom stereocenters. The first kappa shape index (κ1) is 14.0. The summed E-state index contributed by atoms with van der Waals surface area (Å²) in [5, 5.41) is 0. The van der Waals surface area contributed by atoms with Crippen LogP contribution in [0.2, 0.25) is 0 Å². The number of rotatable bonds is 4. The average molecular weight is 225 g/mol. The summed E-state index contributed by atoms with van der Waals surface area (Å²) < 4.78 is 0. The Labute approximate surface area is 103 Å². The first-order valence-electron chi connectivity index (χ1n) is 7.24. The van der Waals surface area contributed by atoms with Crippen molar-refractivity contribution in [1.82, 2.24) is 4.90 Å². The molecule has 1 saturated heterocycles. The van der Waals surface area contributed by atoms with E-state index in [-0.39, 0.29) is 0 Å². The van der Waals surface area contributed by atoms with Crippen LogP contribution in [0.25, 0.3) is 0 Å². The molecule has 0 aromatic heterocycles. The summed E-state index contributed by atoms with van der Waals surface area (Å²) in [6.07, 6.45) is 5.52. The average Bonchev–Trinajstić information content (AvgIpc) is 2.16. The molecule has 0 saturated carbocycles. The van der Waals surface area contributed by atoms with Crippen molar-refractivity contribution >= 4 is 0 Å². The highest BCUT2D eigenvalue weighted by Gasteiger charge is 2.36. The lowest BCUT2D eigenvalue weighted by Crippen LogP contribution is -2.54. The van der Waals surface area contributed by atoms with E-state index in [0.717, 1.165) is 23.9 Å². The molecule has 1 aliphatic heterocycles. The number of hydrogen-bond donors (Lipinski definition) is 0. The van der Waals surface area contributed by atoms with E-state index in [0.29, 0.717) is 6.04 Å². The lowest BCUT2D eigenvalue weighted by atomic mass is 9.80. The second-order valence-corrected chi connectivity index (χ2v) is 6.37. The Kier molecular flexibility index (Phi) is 5.30. The second-order valence-electron chi connectivity index (χ2n) is 6.37. The largest absolute Gasteiger partial charge is 0.295 e. The zero-order valence-electron chi connectivity index (χ0n) is 12.2. The van der Waals surface area contributed by atoms with Crippen LogP contribution >= 0.6 is 0 Å². The molecule has 3 unspecified atom stereocenters. The minimum atomic E-state index is 0.705. The molecule has 16 heavy (non-hydrogen) atoms. The summed E-state index contributed by atoms with van der Waals surface area (Å²) in [4.78, 5) is 2.81. The van der Waals surface area contributed by atoms with Crippen molar-refractivity contribution in [2.24, 2.45) is 11.8 Å². The van der Waals surface area contributed by atoms with Gasteiger partial charge in [0.15, 0.2) is 0 Å². The standard InChI is InChI=1S/C15H31N/c1-7-8-14-9-13(6)10-15(11(2)3)16(14)12(4)5/h11-15H,7-10H2,1-6H3. The molecule has 0 aliphatic carbocycles. The van der Waals surface area contributed by atoms with Crippen molar-refractivity contribution in [2.75, 3.05) is 0 Å². The smallest absolute Gasteiger partial charge is 0.0126 e. The van der Waals surface area contributed by atoms with Crippen LogP contribution in [0.1, 0.15) is 67.2 Å². The van der Waals surface area contributed by atoms with Crippen LogP contribution in [0.5, 0.6) is 0 Å². The molecule has 0 aromatic rings. The molecule has 1 aliphatic rings. The van der Waals surface area contributed by atoms with Crippen molar-refractivity contribution in [2.45, 2.75) is 85.4 Å². The van der Waals surface area contributed by atoms with Gasteiger partial charge < -0.3 is 0 Å². The van der Waals surface area contributed by atoms with Gasteiger partial charge >= 0.3 is 0 Å². The Balaban J connectivity index is 2.80. The zero-order valence-corrected chi connectivity index (χ0v) is 12.2. The van der Waals surface area contributed by atoms with Crippen molar-refractivity contribution in [3.63, 3.8) is 0 Å². The van der Waals surface area contributed by atoms with Crippen LogP contribution in [0.15, 0.2) is 0 Å². The van der Waals surface area contributed by atoms with Gasteiger partial charge in [-0.1, -0.05) is 34.1 Å². The molecule has 1 rings (SSSR count). The first-order valence-corrected chi connectivity index (χ1v) is 7.24. The first-order chi connectivity index (χ1) is 7.47. The highest BCUT2D eigenvalue weighted by atomic mass is 15.2. The Morgan fingerprint density at radius 3 is 2.19 bits per heavy atom. The molecule has 1 heterocycles. The Bertz CT molecular complexity index is 198. The zero-order chi connectivity index (χ0) is 12.3. The van der Waals surface area contributed by atoms with E-state index in [9.17, 15) is 0 Å². The number of piperidine rings is 1. The predicted molar refractivity (Wildman–Crippen MR) is 72.7 cm³/mol. The van der Waals surface area contributed by atoms with Gasteiger partial charge in [-0.2, -0.15) is 0 Å². The van der Waals surface area contributed by atoms with Gasteiger partial charge in [0.05, 0.1) is 0 Å². The minimum absolute atomic E-state index is 0.705. The summed E-state index contributed by atoms with van der Waals surface area (Å²) in [7, 11) is 0. The van der Waals surface area contributed by atoms with E-state index >= 15 is 0 Å². The minimum Gasteiger partial charge on any atom is -0.295 e. The van der Waals surface area contributed by atoms with Crippen molar-refractivity contribution in [3.8, 4) is 0 Å². The van der Waals surface area contributed by atoms with Gasteiger partial charge in [0.2, 0.25) is 0 Å². The molecule has 0 radical (unpaired) electrons. The van der Waals surface area contributed by atoms with Crippen LogP contribution in [0.4, 0.5) is 0 Å². The lowest BCUT2D eigenvalue weighted by Gasteiger charge is -2.49. The van der Waals surface area contributed by atoms with Crippen LogP contribution < -0.4 is 0 Å². The van der Waals surface area contributed by atoms with Crippen molar-refractivity contribution in [3.05, 3.63) is 0 Å². The molecule has 0 aromatic carbocycles. The van der Waals surface area contributed by atoms with Gasteiger partial charge in [-0.3, -0.25) is 4.90 Å². The quantitative estimate of drug-likeness (QED) is 0.689. The topological polar surface area (TPSA) is 3.24 Å². The van der Waals surface area contributed by atoms with Crippen molar-refractivity contribution < 1.29 is 0 Å². The summed E-state index contributed by atoms with van der Waals surface area (Å²) in [5.74, 6) is 1.71. The fourth-order valence-corrected chi connectivity index (χ4v) is 3.51. The monoisotopic (exact) mass is 225 g/mol. The van der Waals surface area contributed by atoms with E-state index in [1.807, 2.05) is 0 Å². The maximum atomic E-state index is 2.81. The Morgan fingerprint density at radius 2 is 1.75 bits per heavy atom. The molecular weight excluding hydrogens is 194 g/mol. The van der Waals surface area contributed by atoms with Gasteiger partial charge in [0.1, 0.15) is 0 Å². The summed E-state index contributed by atoms with van der Waals surface area (Å²) in [6, 6.07) is 2.35. The third-order valence-electron chi connectivity index (χ3n) is 4.11. The number of nitrogens with zero attached hydrogens (tertiary/aromatic N) is 1. The van der Waals surface area contributed by atoms with Crippen LogP contribution in [0.3, 0.4) is 0 Å². The van der Waals surface area contributed by atoms with Gasteiger partial charge in [-0.15, -0.1) is 0 Å². The molecule has 0 bridgehead atoms. The predicted octanol–water partition coefficient (Wildman–Crippen LogP) is 4.32. The molecule has 1 heteroatoms. The summed E-state index contributed by atoms with van der Waals surface area (Å²) in [5.41, 5.74) is 0. The van der Waals surface area contributed by atoms with Gasteiger partial charge in [-0.25, -0.2) is 0 Å². The number of hydrogen-bond acceptors (Lipinski definition) is 1. The van der Waals surface area contributed by atoms with Crippen LogP contribution in [-0.4, -0.2) is 23.0 Å². The highest BCUT2D eigenvalue weighted by Crippen LogP contribution is 2.34. The van der Waals surface area contributed by atoms with Gasteiger partial charge in [0, 0.05) is 18.1 Å². The fourth-order valence-electron chi connectivity index (χ4n) is 3.51. The van der Waals surface area contributed by atoms with E-state index in [1.165, 1.54) is 25.7 Å². The molecule has 1 nitrogen and oxygen atoms in total. The highest BCUT2D eigenvalue weighted by molar-refractivity contribution is 4.90. The van der Waals surface area contributed by atoms with E-state index in [1.54, 1.807) is 0 Å². The van der Waals surface area contributed by atoms with Crippen molar-refractivity contribution in [1.29, 1.82) is 0 Å². The van der Waals surface area contributed by atoms with Gasteiger partial charge in [-0.05, 0) is 44.9 Å². The Morgan fingerprint density at radius 1 is 1.12 bits per heavy atom. The SMILES string of the molecule is CCCC1CC(C)CC(C(C)C)N1C(C)C. The maximum absolute atomic E-state index is 2.81. The van der Waals surface area contributed by atoms with E-state index < -0.39 is 0 Å². The molecule has 0 amide bonds. The third kappa shape index (κ3) is 3.23. The molecule has 1 fully saturated rings. The molecule has 0 spiro atoms. The second kappa shape index (κ2) is 6.05. The molecule has 96 valence electrons. The number of likely N-dealkylation sites (tertiary alicyclic amines) is 1. The van der Waals surface area contributed by atoms with Crippen LogP contribution in [0, 0.1) is 11.8 Å². The van der Waals surface area contributed by atoms with E-state index in [2.05, 4.69) is 46.4 Å². The lowest BCUT2D eigenvalue weighted by molar-refractivity contribution is 0.00274. The Hall–Kier alpha value is -0.0400. The maximum Gasteiger partial charge on any atom is 0.0126 e. The molecule has 0 N–H and O–H groups in total. The normalized spacial score (nSPS) is 32.6. The van der Waals surface area contributed by atoms with Gasteiger partial charge in [0.25, 0.3) is 0 Å². The molecular formula is C15H31N. The summed E-state index contributed by atoms with van der Waals surface area (Å²) >= 11 is 0. The summed E-state index contributed by atoms with van der Waals surface area (Å²) in [6.45, 7) is 14.3. The third-order valence-corrected chi connectivity index (χ3v) is 4.11. The van der Waals surface area contributed by atoms with E-state index in [4.69, 9.17) is 0 Å². The van der Waals surface area contributed by atoms with Crippen LogP contribution in [-0.2, 0) is 0 Å². The fraction of sp³-hybridized carbons (Fsp3) is 1.00.